The monoisotopic (exact) mass is 214 g/mol. The molecule has 1 saturated heterocycles. The molecule has 1 fully saturated rings. The Kier molecular flexibility index (Phi) is 5.05. The maximum Gasteiger partial charge on any atom is 0.253 e. The van der Waals surface area contributed by atoms with Crippen molar-refractivity contribution in [3.05, 3.63) is 0 Å². The third-order valence-electron chi connectivity index (χ3n) is 2.48. The zero-order valence-corrected chi connectivity index (χ0v) is 9.95. The van der Waals surface area contributed by atoms with Gasteiger partial charge in [0.1, 0.15) is 6.10 Å². The topological polar surface area (TPSA) is 41.6 Å². The summed E-state index contributed by atoms with van der Waals surface area (Å²) >= 11 is 0. The lowest BCUT2D eigenvalue weighted by Crippen LogP contribution is -2.50. The molecule has 0 aromatic rings. The van der Waals surface area contributed by atoms with Gasteiger partial charge < -0.3 is 15.0 Å². The number of amides is 1. The van der Waals surface area contributed by atoms with Crippen molar-refractivity contribution in [1.29, 1.82) is 0 Å². The van der Waals surface area contributed by atoms with E-state index >= 15 is 0 Å². The molecule has 0 bridgehead atoms. The van der Waals surface area contributed by atoms with Gasteiger partial charge in [-0.3, -0.25) is 4.79 Å². The van der Waals surface area contributed by atoms with Crippen LogP contribution in [0.25, 0.3) is 0 Å². The number of carbonyl (C=O) groups excluding carboxylic acids is 1. The molecule has 0 saturated carbocycles. The highest BCUT2D eigenvalue weighted by atomic mass is 16.5. The molecule has 0 aliphatic carbocycles. The second kappa shape index (κ2) is 6.08. The van der Waals surface area contributed by atoms with Crippen molar-refractivity contribution in [2.75, 3.05) is 32.8 Å². The van der Waals surface area contributed by atoms with E-state index in [9.17, 15) is 4.79 Å². The molecule has 0 spiro atoms. The normalized spacial score (nSPS) is 21.7. The molecule has 0 unspecified atom stereocenters. The molecular formula is C11H22N2O2. The number of likely N-dealkylation sites (N-methyl/N-ethyl adjacent to an activating group) is 1. The summed E-state index contributed by atoms with van der Waals surface area (Å²) < 4.78 is 5.45. The molecule has 0 aromatic carbocycles. The Bertz CT molecular complexity index is 201. The number of hydrogen-bond donors (Lipinski definition) is 1. The highest BCUT2D eigenvalue weighted by Gasteiger charge is 2.26. The highest BCUT2D eigenvalue weighted by Crippen LogP contribution is 2.05. The summed E-state index contributed by atoms with van der Waals surface area (Å²) in [5.74, 6) is 0.629. The standard InChI is InChI=1S/C11H22N2O2/c1-4-13(8-9(2)3)11(14)10-7-12-5-6-15-10/h9-10,12H,4-8H2,1-3H3/t10-/m1/s1. The minimum atomic E-state index is -0.280. The summed E-state index contributed by atoms with van der Waals surface area (Å²) in [7, 11) is 0. The van der Waals surface area contributed by atoms with Gasteiger partial charge in [-0.1, -0.05) is 13.8 Å². The fourth-order valence-corrected chi connectivity index (χ4v) is 1.74. The summed E-state index contributed by atoms with van der Waals surface area (Å²) in [6.07, 6.45) is -0.280. The van der Waals surface area contributed by atoms with Crippen molar-refractivity contribution in [2.24, 2.45) is 5.92 Å². The smallest absolute Gasteiger partial charge is 0.253 e. The predicted octanol–water partition coefficient (Wildman–Crippen LogP) is 0.479. The highest BCUT2D eigenvalue weighted by molar-refractivity contribution is 5.81. The minimum Gasteiger partial charge on any atom is -0.366 e. The van der Waals surface area contributed by atoms with Crippen molar-refractivity contribution in [3.63, 3.8) is 0 Å². The van der Waals surface area contributed by atoms with E-state index < -0.39 is 0 Å². The van der Waals surface area contributed by atoms with Crippen molar-refractivity contribution in [2.45, 2.75) is 26.9 Å². The molecule has 1 heterocycles. The Hall–Kier alpha value is -0.610. The number of morpholine rings is 1. The number of hydrogen-bond acceptors (Lipinski definition) is 3. The summed E-state index contributed by atoms with van der Waals surface area (Å²) in [4.78, 5) is 13.9. The molecule has 1 rings (SSSR count). The molecular weight excluding hydrogens is 192 g/mol. The Labute approximate surface area is 92.0 Å². The predicted molar refractivity (Wildman–Crippen MR) is 59.7 cm³/mol. The first-order chi connectivity index (χ1) is 7.15. The molecule has 1 atom stereocenters. The van der Waals surface area contributed by atoms with E-state index in [-0.39, 0.29) is 12.0 Å². The molecule has 4 heteroatoms. The Morgan fingerprint density at radius 3 is 2.80 bits per heavy atom. The SMILES string of the molecule is CCN(CC(C)C)C(=O)[C@H]1CNCCO1. The first kappa shape index (κ1) is 12.5. The van der Waals surface area contributed by atoms with Crippen LogP contribution in [0.1, 0.15) is 20.8 Å². The van der Waals surface area contributed by atoms with Gasteiger partial charge in [-0.2, -0.15) is 0 Å². The van der Waals surface area contributed by atoms with Gasteiger partial charge >= 0.3 is 0 Å². The summed E-state index contributed by atoms with van der Waals surface area (Å²) in [5.41, 5.74) is 0. The molecule has 1 aliphatic heterocycles. The van der Waals surface area contributed by atoms with Crippen molar-refractivity contribution >= 4 is 5.91 Å². The van der Waals surface area contributed by atoms with Gasteiger partial charge in [0.25, 0.3) is 5.91 Å². The fraction of sp³-hybridized carbons (Fsp3) is 0.909. The quantitative estimate of drug-likeness (QED) is 0.740. The summed E-state index contributed by atoms with van der Waals surface area (Å²) in [6.45, 7) is 9.96. The second-order valence-electron chi connectivity index (χ2n) is 4.33. The van der Waals surface area contributed by atoms with E-state index in [2.05, 4.69) is 19.2 Å². The Morgan fingerprint density at radius 2 is 2.33 bits per heavy atom. The van der Waals surface area contributed by atoms with Gasteiger partial charge in [0, 0.05) is 26.2 Å². The molecule has 1 aliphatic rings. The van der Waals surface area contributed by atoms with Crippen LogP contribution in [0, 0.1) is 5.92 Å². The van der Waals surface area contributed by atoms with Gasteiger partial charge in [-0.25, -0.2) is 0 Å². The van der Waals surface area contributed by atoms with Gasteiger partial charge in [0.15, 0.2) is 0 Å². The summed E-state index contributed by atoms with van der Waals surface area (Å²) in [5, 5.41) is 3.18. The van der Waals surface area contributed by atoms with Crippen molar-refractivity contribution in [1.82, 2.24) is 10.2 Å². The van der Waals surface area contributed by atoms with Crippen LogP contribution in [0.2, 0.25) is 0 Å². The average Bonchev–Trinajstić information content (AvgIpc) is 2.26. The van der Waals surface area contributed by atoms with Crippen molar-refractivity contribution in [3.8, 4) is 0 Å². The lowest BCUT2D eigenvalue weighted by atomic mass is 10.2. The maximum atomic E-state index is 12.0. The van der Waals surface area contributed by atoms with Gasteiger partial charge in [-0.15, -0.1) is 0 Å². The lowest BCUT2D eigenvalue weighted by molar-refractivity contribution is -0.145. The van der Waals surface area contributed by atoms with E-state index in [1.165, 1.54) is 0 Å². The number of carbonyl (C=O) groups is 1. The van der Waals surface area contributed by atoms with Crippen molar-refractivity contribution < 1.29 is 9.53 Å². The van der Waals surface area contributed by atoms with Crippen LogP contribution in [0.3, 0.4) is 0 Å². The van der Waals surface area contributed by atoms with E-state index in [0.717, 1.165) is 19.6 Å². The van der Waals surface area contributed by atoms with E-state index in [1.54, 1.807) is 0 Å². The van der Waals surface area contributed by atoms with Gasteiger partial charge in [0.05, 0.1) is 6.61 Å². The Morgan fingerprint density at radius 1 is 1.60 bits per heavy atom. The first-order valence-electron chi connectivity index (χ1n) is 5.76. The van der Waals surface area contributed by atoms with Crippen LogP contribution in [-0.4, -0.2) is 49.7 Å². The largest absolute Gasteiger partial charge is 0.366 e. The zero-order valence-electron chi connectivity index (χ0n) is 9.95. The number of nitrogens with zero attached hydrogens (tertiary/aromatic N) is 1. The third kappa shape index (κ3) is 3.80. The molecule has 1 N–H and O–H groups in total. The van der Waals surface area contributed by atoms with Gasteiger partial charge in [-0.05, 0) is 12.8 Å². The second-order valence-corrected chi connectivity index (χ2v) is 4.33. The molecule has 88 valence electrons. The zero-order chi connectivity index (χ0) is 11.3. The van der Waals surface area contributed by atoms with Gasteiger partial charge in [0.2, 0.25) is 0 Å². The molecule has 1 amide bonds. The summed E-state index contributed by atoms with van der Waals surface area (Å²) in [6, 6.07) is 0. The van der Waals surface area contributed by atoms with Crippen LogP contribution in [0.15, 0.2) is 0 Å². The molecule has 15 heavy (non-hydrogen) atoms. The molecule has 0 aromatic heterocycles. The fourth-order valence-electron chi connectivity index (χ4n) is 1.74. The number of nitrogens with one attached hydrogen (secondary N) is 1. The minimum absolute atomic E-state index is 0.124. The third-order valence-corrected chi connectivity index (χ3v) is 2.48. The molecule has 0 radical (unpaired) electrons. The maximum absolute atomic E-state index is 12.0. The van der Waals surface area contributed by atoms with Crippen LogP contribution >= 0.6 is 0 Å². The number of ether oxygens (including phenoxy) is 1. The van der Waals surface area contributed by atoms with E-state index in [4.69, 9.17) is 4.74 Å². The van der Waals surface area contributed by atoms with Crippen LogP contribution in [0.5, 0.6) is 0 Å². The Balaban J connectivity index is 2.47. The molecule has 4 nitrogen and oxygen atoms in total. The van der Waals surface area contributed by atoms with Crippen LogP contribution in [-0.2, 0) is 9.53 Å². The first-order valence-corrected chi connectivity index (χ1v) is 5.76. The van der Waals surface area contributed by atoms with E-state index in [1.807, 2.05) is 11.8 Å². The van der Waals surface area contributed by atoms with Crippen LogP contribution < -0.4 is 5.32 Å². The van der Waals surface area contributed by atoms with E-state index in [0.29, 0.717) is 19.1 Å². The number of rotatable bonds is 4. The van der Waals surface area contributed by atoms with Crippen LogP contribution in [0.4, 0.5) is 0 Å². The lowest BCUT2D eigenvalue weighted by Gasteiger charge is -2.30. The average molecular weight is 214 g/mol.